The molecule has 0 unspecified atom stereocenters. The number of carbonyl (C=O) groups is 1. The van der Waals surface area contributed by atoms with E-state index in [4.69, 9.17) is 4.79 Å². The molecule has 5 rings (SSSR count). The van der Waals surface area contributed by atoms with Crippen molar-refractivity contribution in [2.45, 2.75) is 0 Å². The lowest BCUT2D eigenvalue weighted by atomic mass is 10.2. The first kappa shape index (κ1) is 22.2. The number of rotatable bonds is 4. The van der Waals surface area contributed by atoms with Gasteiger partial charge in [-0.25, -0.2) is 0 Å². The monoisotopic (exact) mass is 441 g/mol. The summed E-state index contributed by atoms with van der Waals surface area (Å²) in [5.74, 6) is 0. The molecule has 154 valence electrons. The van der Waals surface area contributed by atoms with Crippen molar-refractivity contribution >= 4 is 46.5 Å². The molecule has 0 N–H and O–H groups in total. The first-order valence-electron chi connectivity index (χ1n) is 9.73. The van der Waals surface area contributed by atoms with Crippen molar-refractivity contribution in [1.29, 1.82) is 0 Å². The van der Waals surface area contributed by atoms with Crippen LogP contribution in [-0.2, 0) is 4.79 Å². The molecule has 0 bridgehead atoms. The molecule has 4 heteroatoms. The molecule has 2 nitrogen and oxygen atoms in total. The molecule has 2 aromatic heterocycles. The topological polar surface area (TPSA) is 20.3 Å². The number of carbonyl (C=O) groups excluding carboxylic acids is 1. The van der Waals surface area contributed by atoms with Crippen LogP contribution in [0.4, 0.5) is 17.1 Å². The van der Waals surface area contributed by atoms with Gasteiger partial charge in [0.05, 0.1) is 0 Å². The molecule has 0 amide bonds. The lowest BCUT2D eigenvalue weighted by Crippen LogP contribution is -2.09. The van der Waals surface area contributed by atoms with Gasteiger partial charge in [-0.2, -0.15) is 0 Å². The van der Waals surface area contributed by atoms with E-state index in [0.717, 1.165) is 0 Å². The smallest absolute Gasteiger partial charge is 0.106 e. The Morgan fingerprint density at radius 1 is 0.452 bits per heavy atom. The molecule has 0 saturated heterocycles. The summed E-state index contributed by atoms with van der Waals surface area (Å²) in [6.45, 7) is 2.00. The Morgan fingerprint density at radius 2 is 0.774 bits per heavy atom. The van der Waals surface area contributed by atoms with Crippen molar-refractivity contribution in [2.24, 2.45) is 0 Å². The molecule has 0 radical (unpaired) electrons. The van der Waals surface area contributed by atoms with Crippen LogP contribution in [0.5, 0.6) is 0 Å². The second-order valence-electron chi connectivity index (χ2n) is 6.30. The third-order valence-electron chi connectivity index (χ3n) is 4.33. The molecular weight excluding hydrogens is 418 g/mol. The summed E-state index contributed by atoms with van der Waals surface area (Å²) in [6, 6.07) is 39.7. The van der Waals surface area contributed by atoms with Crippen LogP contribution >= 0.6 is 22.7 Å². The summed E-state index contributed by atoms with van der Waals surface area (Å²) < 4.78 is 0. The zero-order chi connectivity index (χ0) is 21.7. The van der Waals surface area contributed by atoms with Crippen LogP contribution in [-0.4, -0.2) is 6.79 Å². The van der Waals surface area contributed by atoms with E-state index in [1.165, 1.54) is 26.8 Å². The Balaban J connectivity index is 0.000000190. The fraction of sp³-hybridized carbons (Fsp3) is 0. The predicted molar refractivity (Wildman–Crippen MR) is 136 cm³/mol. The molecule has 0 atom stereocenters. The van der Waals surface area contributed by atoms with Gasteiger partial charge in [0.2, 0.25) is 0 Å². The van der Waals surface area contributed by atoms with Crippen LogP contribution < -0.4 is 4.90 Å². The van der Waals surface area contributed by atoms with Gasteiger partial charge in [-0.1, -0.05) is 66.7 Å². The third-order valence-corrected chi connectivity index (χ3v) is 6.26. The molecular formula is C27H23NOS2. The SMILES string of the molecule is C=O.c1ccc(N(c2ccccc2)c2ccccc2)cc1.c1csc(-c2cccs2)c1. The van der Waals surface area contributed by atoms with E-state index in [1.54, 1.807) is 22.7 Å². The van der Waals surface area contributed by atoms with Crippen molar-refractivity contribution in [2.75, 3.05) is 4.90 Å². The lowest BCUT2D eigenvalue weighted by Gasteiger charge is -2.25. The summed E-state index contributed by atoms with van der Waals surface area (Å²) in [5.41, 5.74) is 3.50. The van der Waals surface area contributed by atoms with E-state index in [0.29, 0.717) is 0 Å². The normalized spacial score (nSPS) is 9.55. The van der Waals surface area contributed by atoms with Gasteiger partial charge in [-0.05, 0) is 59.3 Å². The first-order valence-corrected chi connectivity index (χ1v) is 11.5. The molecule has 31 heavy (non-hydrogen) atoms. The van der Waals surface area contributed by atoms with Crippen LogP contribution in [0.15, 0.2) is 126 Å². The highest BCUT2D eigenvalue weighted by Crippen LogP contribution is 2.33. The predicted octanol–water partition coefficient (Wildman–Crippen LogP) is 8.45. The average Bonchev–Trinajstić information content (AvgIpc) is 3.58. The van der Waals surface area contributed by atoms with Gasteiger partial charge in [0.1, 0.15) is 6.79 Å². The molecule has 0 aliphatic heterocycles. The van der Waals surface area contributed by atoms with E-state index in [1.807, 2.05) is 25.0 Å². The van der Waals surface area contributed by atoms with Gasteiger partial charge in [0, 0.05) is 26.8 Å². The standard InChI is InChI=1S/C18H15N.C8H6S2.CH2O/c1-4-10-16(11-5-1)19(17-12-6-2-7-13-17)18-14-8-3-9-15-18;1-3-7(9-5-1)8-4-2-6-10-8;1-2/h1-15H;1-6H;1H2. The minimum Gasteiger partial charge on any atom is -0.311 e. The molecule has 0 fully saturated rings. The van der Waals surface area contributed by atoms with Crippen LogP contribution in [0.25, 0.3) is 9.75 Å². The fourth-order valence-corrected chi connectivity index (χ4v) is 4.59. The fourth-order valence-electron chi connectivity index (χ4n) is 3.02. The molecule has 5 aromatic rings. The maximum atomic E-state index is 8.00. The quantitative estimate of drug-likeness (QED) is 0.279. The minimum atomic E-state index is 1.17. The molecule has 3 aromatic carbocycles. The molecule has 0 aliphatic carbocycles. The Labute approximate surface area is 191 Å². The Kier molecular flexibility index (Phi) is 8.80. The first-order chi connectivity index (χ1) is 15.4. The van der Waals surface area contributed by atoms with E-state index < -0.39 is 0 Å². The van der Waals surface area contributed by atoms with Gasteiger partial charge in [0.15, 0.2) is 0 Å². The summed E-state index contributed by atoms with van der Waals surface area (Å²) in [6.07, 6.45) is 0. The van der Waals surface area contributed by atoms with Gasteiger partial charge < -0.3 is 9.69 Å². The van der Waals surface area contributed by atoms with E-state index in [9.17, 15) is 0 Å². The highest BCUT2D eigenvalue weighted by molar-refractivity contribution is 7.20. The lowest BCUT2D eigenvalue weighted by molar-refractivity contribution is -0.0979. The molecule has 0 saturated carbocycles. The zero-order valence-corrected chi connectivity index (χ0v) is 18.6. The summed E-state index contributed by atoms with van der Waals surface area (Å²) in [5, 5.41) is 4.21. The number of para-hydroxylation sites is 3. The Bertz CT molecular complexity index is 968. The second kappa shape index (κ2) is 12.3. The van der Waals surface area contributed by atoms with Crippen molar-refractivity contribution in [1.82, 2.24) is 0 Å². The maximum absolute atomic E-state index is 8.00. The molecule has 2 heterocycles. The van der Waals surface area contributed by atoms with Crippen LogP contribution in [0.2, 0.25) is 0 Å². The van der Waals surface area contributed by atoms with Gasteiger partial charge >= 0.3 is 0 Å². The number of thiophene rings is 2. The zero-order valence-electron chi connectivity index (χ0n) is 17.0. The van der Waals surface area contributed by atoms with Crippen molar-refractivity contribution in [3.05, 3.63) is 126 Å². The van der Waals surface area contributed by atoms with Crippen LogP contribution in [0.3, 0.4) is 0 Å². The third kappa shape index (κ3) is 6.25. The van der Waals surface area contributed by atoms with E-state index in [-0.39, 0.29) is 0 Å². The summed E-state index contributed by atoms with van der Waals surface area (Å²) >= 11 is 3.58. The van der Waals surface area contributed by atoms with Crippen molar-refractivity contribution in [3.63, 3.8) is 0 Å². The number of hydrogen-bond donors (Lipinski definition) is 0. The Morgan fingerprint density at radius 3 is 1.03 bits per heavy atom. The van der Waals surface area contributed by atoms with Gasteiger partial charge in [0.25, 0.3) is 0 Å². The largest absolute Gasteiger partial charge is 0.311 e. The average molecular weight is 442 g/mol. The van der Waals surface area contributed by atoms with E-state index >= 15 is 0 Å². The Hall–Kier alpha value is -3.47. The number of hydrogen-bond acceptors (Lipinski definition) is 4. The number of anilines is 3. The highest BCUT2D eigenvalue weighted by atomic mass is 32.1. The van der Waals surface area contributed by atoms with Crippen LogP contribution in [0, 0.1) is 0 Å². The second-order valence-corrected chi connectivity index (χ2v) is 8.19. The van der Waals surface area contributed by atoms with Crippen molar-refractivity contribution in [3.8, 4) is 9.75 Å². The van der Waals surface area contributed by atoms with E-state index in [2.05, 4.69) is 113 Å². The van der Waals surface area contributed by atoms with Crippen molar-refractivity contribution < 1.29 is 4.79 Å². The van der Waals surface area contributed by atoms with Gasteiger partial charge in [-0.15, -0.1) is 22.7 Å². The minimum absolute atomic E-state index is 1.17. The highest BCUT2D eigenvalue weighted by Gasteiger charge is 2.10. The number of nitrogens with zero attached hydrogens (tertiary/aromatic N) is 1. The molecule has 0 spiro atoms. The van der Waals surface area contributed by atoms with Gasteiger partial charge in [-0.3, -0.25) is 0 Å². The number of benzene rings is 3. The van der Waals surface area contributed by atoms with Crippen LogP contribution in [0.1, 0.15) is 0 Å². The molecule has 0 aliphatic rings. The maximum Gasteiger partial charge on any atom is 0.106 e. The summed E-state index contributed by atoms with van der Waals surface area (Å²) in [7, 11) is 0. The summed E-state index contributed by atoms with van der Waals surface area (Å²) in [4.78, 5) is 13.0.